The number of benzene rings is 1. The van der Waals surface area contributed by atoms with Crippen LogP contribution in [0, 0.1) is 4.84 Å². The fourth-order valence-electron chi connectivity index (χ4n) is 1.97. The van der Waals surface area contributed by atoms with Gasteiger partial charge in [-0.1, -0.05) is 37.6 Å². The van der Waals surface area contributed by atoms with Gasteiger partial charge >= 0.3 is 0 Å². The number of aryl methyl sites for hydroxylation is 3. The summed E-state index contributed by atoms with van der Waals surface area (Å²) in [5.74, 6) is 0.697. The SMILES string of the molecule is CCCc1ccc(CCCc2n[nH]c(=S)o2)cc1. The molecule has 1 aromatic heterocycles. The molecular formula is C14H18N2OS. The summed E-state index contributed by atoms with van der Waals surface area (Å²) in [7, 11) is 0. The van der Waals surface area contributed by atoms with Gasteiger partial charge in [0.25, 0.3) is 4.84 Å². The Labute approximate surface area is 112 Å². The van der Waals surface area contributed by atoms with Crippen molar-refractivity contribution in [3.8, 4) is 0 Å². The molecule has 0 spiro atoms. The molecule has 1 aromatic carbocycles. The second-order valence-corrected chi connectivity index (χ2v) is 4.80. The van der Waals surface area contributed by atoms with Crippen molar-refractivity contribution in [1.29, 1.82) is 0 Å². The Hall–Kier alpha value is -1.42. The minimum absolute atomic E-state index is 0.355. The zero-order valence-corrected chi connectivity index (χ0v) is 11.4. The van der Waals surface area contributed by atoms with Gasteiger partial charge in [0.2, 0.25) is 5.89 Å². The van der Waals surface area contributed by atoms with E-state index in [1.165, 1.54) is 17.5 Å². The van der Waals surface area contributed by atoms with E-state index < -0.39 is 0 Å². The first-order valence-electron chi connectivity index (χ1n) is 6.40. The minimum atomic E-state index is 0.355. The van der Waals surface area contributed by atoms with Crippen LogP contribution in [0.1, 0.15) is 36.8 Å². The summed E-state index contributed by atoms with van der Waals surface area (Å²) in [6, 6.07) is 8.87. The molecule has 0 radical (unpaired) electrons. The second-order valence-electron chi connectivity index (χ2n) is 4.43. The molecule has 2 rings (SSSR count). The summed E-state index contributed by atoms with van der Waals surface area (Å²) in [5.41, 5.74) is 2.78. The van der Waals surface area contributed by atoms with E-state index in [9.17, 15) is 0 Å². The molecule has 0 saturated heterocycles. The van der Waals surface area contributed by atoms with Crippen molar-refractivity contribution >= 4 is 12.2 Å². The molecule has 1 heterocycles. The Bertz CT molecular complexity index is 527. The molecule has 0 aliphatic rings. The van der Waals surface area contributed by atoms with Crippen LogP contribution in [-0.4, -0.2) is 10.2 Å². The number of hydrogen-bond donors (Lipinski definition) is 1. The molecule has 0 unspecified atom stereocenters. The first-order chi connectivity index (χ1) is 8.78. The van der Waals surface area contributed by atoms with Gasteiger partial charge in [-0.3, -0.25) is 0 Å². The maximum Gasteiger partial charge on any atom is 0.284 e. The monoisotopic (exact) mass is 262 g/mol. The Kier molecular flexibility index (Phi) is 4.70. The van der Waals surface area contributed by atoms with E-state index in [2.05, 4.69) is 41.4 Å². The number of rotatable bonds is 6. The van der Waals surface area contributed by atoms with Crippen LogP contribution in [0.5, 0.6) is 0 Å². The molecule has 0 atom stereocenters. The number of H-pyrrole nitrogens is 1. The van der Waals surface area contributed by atoms with Crippen molar-refractivity contribution < 1.29 is 4.42 Å². The third-order valence-corrected chi connectivity index (χ3v) is 3.07. The van der Waals surface area contributed by atoms with Crippen LogP contribution in [0.25, 0.3) is 0 Å². The average Bonchev–Trinajstić information content (AvgIpc) is 2.78. The smallest absolute Gasteiger partial charge is 0.284 e. The number of aromatic nitrogens is 2. The van der Waals surface area contributed by atoms with Crippen LogP contribution in [0.15, 0.2) is 28.7 Å². The standard InChI is InChI=1S/C14H18N2OS/c1-2-4-11-7-9-12(10-8-11)5-3-6-13-15-16-14(18)17-13/h7-10H,2-6H2,1H3,(H,16,18). The van der Waals surface area contributed by atoms with Crippen LogP contribution in [0.3, 0.4) is 0 Å². The Morgan fingerprint density at radius 3 is 2.33 bits per heavy atom. The molecule has 18 heavy (non-hydrogen) atoms. The highest BCUT2D eigenvalue weighted by molar-refractivity contribution is 7.71. The van der Waals surface area contributed by atoms with E-state index in [-0.39, 0.29) is 0 Å². The normalized spacial score (nSPS) is 10.7. The van der Waals surface area contributed by atoms with Crippen molar-refractivity contribution in [2.45, 2.75) is 39.0 Å². The van der Waals surface area contributed by atoms with Crippen molar-refractivity contribution in [1.82, 2.24) is 10.2 Å². The van der Waals surface area contributed by atoms with Crippen LogP contribution in [-0.2, 0) is 19.3 Å². The van der Waals surface area contributed by atoms with Crippen molar-refractivity contribution in [3.63, 3.8) is 0 Å². The van der Waals surface area contributed by atoms with E-state index in [1.807, 2.05) is 0 Å². The highest BCUT2D eigenvalue weighted by Crippen LogP contribution is 2.10. The Balaban J connectivity index is 1.81. The first kappa shape index (κ1) is 13.0. The molecule has 0 saturated carbocycles. The zero-order valence-electron chi connectivity index (χ0n) is 10.6. The summed E-state index contributed by atoms with van der Waals surface area (Å²) in [5, 5.41) is 6.63. The van der Waals surface area contributed by atoms with Gasteiger partial charge in [0.05, 0.1) is 0 Å². The number of aromatic amines is 1. The van der Waals surface area contributed by atoms with E-state index in [0.29, 0.717) is 10.7 Å². The van der Waals surface area contributed by atoms with Gasteiger partial charge in [-0.15, -0.1) is 5.10 Å². The largest absolute Gasteiger partial charge is 0.414 e. The molecule has 0 bridgehead atoms. The molecule has 96 valence electrons. The molecule has 2 aromatic rings. The Morgan fingerprint density at radius 2 is 1.78 bits per heavy atom. The quantitative estimate of drug-likeness (QED) is 0.804. The van der Waals surface area contributed by atoms with Crippen molar-refractivity contribution in [2.75, 3.05) is 0 Å². The molecule has 0 amide bonds. The van der Waals surface area contributed by atoms with Crippen LogP contribution in [0.4, 0.5) is 0 Å². The maximum atomic E-state index is 5.22. The third kappa shape index (κ3) is 3.81. The first-order valence-corrected chi connectivity index (χ1v) is 6.81. The zero-order chi connectivity index (χ0) is 12.8. The molecule has 3 nitrogen and oxygen atoms in total. The van der Waals surface area contributed by atoms with E-state index in [4.69, 9.17) is 16.6 Å². The molecule has 0 aliphatic carbocycles. The van der Waals surface area contributed by atoms with E-state index in [1.54, 1.807) is 0 Å². The van der Waals surface area contributed by atoms with Crippen molar-refractivity contribution in [2.24, 2.45) is 0 Å². The van der Waals surface area contributed by atoms with Gasteiger partial charge in [-0.2, -0.15) is 0 Å². The summed E-state index contributed by atoms with van der Waals surface area (Å²) in [6.45, 7) is 2.20. The fourth-order valence-corrected chi connectivity index (χ4v) is 2.11. The number of nitrogens with zero attached hydrogens (tertiary/aromatic N) is 1. The lowest BCUT2D eigenvalue weighted by Crippen LogP contribution is -1.91. The highest BCUT2D eigenvalue weighted by atomic mass is 32.1. The summed E-state index contributed by atoms with van der Waals surface area (Å²) in [4.78, 5) is 0.355. The summed E-state index contributed by atoms with van der Waals surface area (Å²) in [6.07, 6.45) is 5.25. The van der Waals surface area contributed by atoms with Crippen molar-refractivity contribution in [3.05, 3.63) is 46.1 Å². The third-order valence-electron chi connectivity index (χ3n) is 2.90. The summed E-state index contributed by atoms with van der Waals surface area (Å²) < 4.78 is 5.22. The lowest BCUT2D eigenvalue weighted by Gasteiger charge is -2.02. The van der Waals surface area contributed by atoms with Crippen LogP contribution in [0.2, 0.25) is 0 Å². The predicted octanol–water partition coefficient (Wildman–Crippen LogP) is 3.86. The van der Waals surface area contributed by atoms with Gasteiger partial charge in [0.1, 0.15) is 0 Å². The van der Waals surface area contributed by atoms with Gasteiger partial charge in [-0.25, -0.2) is 5.10 Å². The molecule has 0 fully saturated rings. The molecular weight excluding hydrogens is 244 g/mol. The van der Waals surface area contributed by atoms with Gasteiger partial charge in [-0.05, 0) is 42.6 Å². The molecule has 0 aliphatic heterocycles. The fraction of sp³-hybridized carbons (Fsp3) is 0.429. The predicted molar refractivity (Wildman–Crippen MR) is 74.1 cm³/mol. The maximum absolute atomic E-state index is 5.22. The lowest BCUT2D eigenvalue weighted by molar-refractivity contribution is 0.474. The van der Waals surface area contributed by atoms with Crippen LogP contribution >= 0.6 is 12.2 Å². The number of hydrogen-bond acceptors (Lipinski definition) is 3. The minimum Gasteiger partial charge on any atom is -0.414 e. The topological polar surface area (TPSA) is 41.8 Å². The van der Waals surface area contributed by atoms with Gasteiger partial charge in [0, 0.05) is 6.42 Å². The average molecular weight is 262 g/mol. The molecule has 1 N–H and O–H groups in total. The van der Waals surface area contributed by atoms with E-state index >= 15 is 0 Å². The van der Waals surface area contributed by atoms with Gasteiger partial charge in [0.15, 0.2) is 0 Å². The van der Waals surface area contributed by atoms with Crippen LogP contribution < -0.4 is 0 Å². The highest BCUT2D eigenvalue weighted by Gasteiger charge is 2.00. The van der Waals surface area contributed by atoms with E-state index in [0.717, 1.165) is 25.7 Å². The van der Waals surface area contributed by atoms with Gasteiger partial charge < -0.3 is 4.42 Å². The molecule has 4 heteroatoms. The lowest BCUT2D eigenvalue weighted by atomic mass is 10.0. The second kappa shape index (κ2) is 6.50. The Morgan fingerprint density at radius 1 is 1.11 bits per heavy atom. The summed E-state index contributed by atoms with van der Waals surface area (Å²) >= 11 is 4.83. The number of nitrogens with one attached hydrogen (secondary N) is 1.